The van der Waals surface area contributed by atoms with Crippen molar-refractivity contribution in [3.8, 4) is 5.75 Å². The van der Waals surface area contributed by atoms with Gasteiger partial charge in [-0.1, -0.05) is 25.5 Å². The number of benzene rings is 1. The van der Waals surface area contributed by atoms with Crippen molar-refractivity contribution in [3.63, 3.8) is 0 Å². The summed E-state index contributed by atoms with van der Waals surface area (Å²) in [5.41, 5.74) is 1.28. The standard InChI is InChI=1S/C17H24O2/c1-3-5-14-6-7-15(12-17(14)18)13-8-10-16(11-9-13)19-4-2/h8-11,14-15H,3-7,12H2,1-2H3. The molecule has 0 heterocycles. The molecule has 0 radical (unpaired) electrons. The second kappa shape index (κ2) is 6.74. The van der Waals surface area contributed by atoms with Gasteiger partial charge in [-0.2, -0.15) is 0 Å². The Hall–Kier alpha value is -1.31. The Kier molecular flexibility index (Phi) is 5.00. The van der Waals surface area contributed by atoms with E-state index < -0.39 is 0 Å². The Morgan fingerprint density at radius 1 is 1.16 bits per heavy atom. The van der Waals surface area contributed by atoms with Gasteiger partial charge in [0.2, 0.25) is 0 Å². The smallest absolute Gasteiger partial charge is 0.136 e. The average molecular weight is 260 g/mol. The fraction of sp³-hybridized carbons (Fsp3) is 0.588. The summed E-state index contributed by atoms with van der Waals surface area (Å²) in [7, 11) is 0. The lowest BCUT2D eigenvalue weighted by molar-refractivity contribution is -0.125. The van der Waals surface area contributed by atoms with Crippen molar-refractivity contribution >= 4 is 5.78 Å². The summed E-state index contributed by atoms with van der Waals surface area (Å²) < 4.78 is 5.45. The van der Waals surface area contributed by atoms with E-state index in [1.807, 2.05) is 19.1 Å². The molecule has 1 saturated carbocycles. The molecule has 1 aliphatic carbocycles. The van der Waals surface area contributed by atoms with Crippen molar-refractivity contribution in [1.29, 1.82) is 0 Å². The maximum absolute atomic E-state index is 12.1. The van der Waals surface area contributed by atoms with Gasteiger partial charge in [0.15, 0.2) is 0 Å². The van der Waals surface area contributed by atoms with Crippen molar-refractivity contribution in [2.24, 2.45) is 5.92 Å². The summed E-state index contributed by atoms with van der Waals surface area (Å²) in [4.78, 5) is 12.1. The van der Waals surface area contributed by atoms with Gasteiger partial charge in [0.1, 0.15) is 11.5 Å². The van der Waals surface area contributed by atoms with E-state index in [1.165, 1.54) is 5.56 Å². The van der Waals surface area contributed by atoms with E-state index in [0.717, 1.165) is 37.9 Å². The Bertz CT molecular complexity index is 408. The Balaban J connectivity index is 1.98. The van der Waals surface area contributed by atoms with Crippen LogP contribution in [-0.4, -0.2) is 12.4 Å². The molecule has 1 aromatic rings. The molecule has 1 aliphatic rings. The number of ether oxygens (including phenoxy) is 1. The zero-order valence-electron chi connectivity index (χ0n) is 12.0. The molecule has 0 saturated heterocycles. The average Bonchev–Trinajstić information content (AvgIpc) is 2.43. The quantitative estimate of drug-likeness (QED) is 0.787. The molecule has 19 heavy (non-hydrogen) atoms. The van der Waals surface area contributed by atoms with Crippen LogP contribution in [0.5, 0.6) is 5.75 Å². The molecule has 0 aliphatic heterocycles. The van der Waals surface area contributed by atoms with Gasteiger partial charge in [0.25, 0.3) is 0 Å². The predicted molar refractivity (Wildman–Crippen MR) is 77.6 cm³/mol. The summed E-state index contributed by atoms with van der Waals surface area (Å²) in [6.07, 6.45) is 5.10. The van der Waals surface area contributed by atoms with Gasteiger partial charge in [-0.15, -0.1) is 0 Å². The zero-order valence-corrected chi connectivity index (χ0v) is 12.0. The molecular formula is C17H24O2. The number of hydrogen-bond acceptors (Lipinski definition) is 2. The SMILES string of the molecule is CCCC1CCC(c2ccc(OCC)cc2)CC1=O. The molecule has 0 amide bonds. The third kappa shape index (κ3) is 3.59. The number of hydrogen-bond donors (Lipinski definition) is 0. The minimum absolute atomic E-state index is 0.323. The topological polar surface area (TPSA) is 26.3 Å². The van der Waals surface area contributed by atoms with Crippen LogP contribution in [0.25, 0.3) is 0 Å². The largest absolute Gasteiger partial charge is 0.494 e. The van der Waals surface area contributed by atoms with Crippen LogP contribution in [0.2, 0.25) is 0 Å². The Morgan fingerprint density at radius 2 is 1.89 bits per heavy atom. The molecule has 2 atom stereocenters. The van der Waals surface area contributed by atoms with E-state index in [4.69, 9.17) is 4.74 Å². The second-order valence-electron chi connectivity index (χ2n) is 5.43. The summed E-state index contributed by atoms with van der Waals surface area (Å²) in [5, 5.41) is 0. The van der Waals surface area contributed by atoms with Gasteiger partial charge in [0, 0.05) is 12.3 Å². The number of carbonyl (C=O) groups excluding carboxylic acids is 1. The lowest BCUT2D eigenvalue weighted by Crippen LogP contribution is -2.23. The molecule has 2 unspecified atom stereocenters. The first kappa shape index (κ1) is 14.1. The van der Waals surface area contributed by atoms with E-state index in [-0.39, 0.29) is 0 Å². The molecule has 2 heteroatoms. The van der Waals surface area contributed by atoms with Crippen LogP contribution in [0.15, 0.2) is 24.3 Å². The van der Waals surface area contributed by atoms with Crippen molar-refractivity contribution in [1.82, 2.24) is 0 Å². The van der Waals surface area contributed by atoms with E-state index in [9.17, 15) is 4.79 Å². The molecule has 0 spiro atoms. The maximum atomic E-state index is 12.1. The van der Waals surface area contributed by atoms with Gasteiger partial charge in [-0.3, -0.25) is 4.79 Å². The van der Waals surface area contributed by atoms with Crippen molar-refractivity contribution in [2.75, 3.05) is 6.61 Å². The zero-order chi connectivity index (χ0) is 13.7. The minimum atomic E-state index is 0.323. The first-order valence-electron chi connectivity index (χ1n) is 7.50. The van der Waals surface area contributed by atoms with Crippen LogP contribution in [0.3, 0.4) is 0 Å². The van der Waals surface area contributed by atoms with Gasteiger partial charge in [-0.25, -0.2) is 0 Å². The predicted octanol–water partition coefficient (Wildman–Crippen LogP) is 4.34. The third-order valence-electron chi connectivity index (χ3n) is 4.07. The number of rotatable bonds is 5. The minimum Gasteiger partial charge on any atom is -0.494 e. The maximum Gasteiger partial charge on any atom is 0.136 e. The molecule has 0 bridgehead atoms. The van der Waals surface area contributed by atoms with E-state index in [2.05, 4.69) is 19.1 Å². The molecule has 1 aromatic carbocycles. The summed E-state index contributed by atoms with van der Waals surface area (Å²) >= 11 is 0. The molecule has 104 valence electrons. The van der Waals surface area contributed by atoms with E-state index in [1.54, 1.807) is 0 Å². The second-order valence-corrected chi connectivity index (χ2v) is 5.43. The van der Waals surface area contributed by atoms with Crippen LogP contribution in [0, 0.1) is 5.92 Å². The number of Topliss-reactive ketones (excluding diaryl/α,β-unsaturated/α-hetero) is 1. The highest BCUT2D eigenvalue weighted by atomic mass is 16.5. The Morgan fingerprint density at radius 3 is 2.47 bits per heavy atom. The fourth-order valence-corrected chi connectivity index (χ4v) is 3.02. The van der Waals surface area contributed by atoms with Crippen LogP contribution in [0.4, 0.5) is 0 Å². The molecular weight excluding hydrogens is 236 g/mol. The highest BCUT2D eigenvalue weighted by molar-refractivity contribution is 5.82. The van der Waals surface area contributed by atoms with E-state index in [0.29, 0.717) is 24.2 Å². The molecule has 0 N–H and O–H groups in total. The summed E-state index contributed by atoms with van der Waals surface area (Å²) in [6.45, 7) is 4.84. The molecule has 2 rings (SSSR count). The third-order valence-corrected chi connectivity index (χ3v) is 4.07. The Labute approximate surface area is 116 Å². The summed E-state index contributed by atoms with van der Waals surface area (Å²) in [6, 6.07) is 8.26. The van der Waals surface area contributed by atoms with Crippen molar-refractivity contribution < 1.29 is 9.53 Å². The summed E-state index contributed by atoms with van der Waals surface area (Å²) in [5.74, 6) is 2.12. The van der Waals surface area contributed by atoms with Crippen molar-refractivity contribution in [2.45, 2.75) is 51.9 Å². The lowest BCUT2D eigenvalue weighted by atomic mass is 9.76. The van der Waals surface area contributed by atoms with Gasteiger partial charge < -0.3 is 4.74 Å². The first-order valence-corrected chi connectivity index (χ1v) is 7.50. The highest BCUT2D eigenvalue weighted by Gasteiger charge is 2.28. The lowest BCUT2D eigenvalue weighted by Gasteiger charge is -2.27. The van der Waals surface area contributed by atoms with Crippen LogP contribution in [-0.2, 0) is 4.79 Å². The monoisotopic (exact) mass is 260 g/mol. The highest BCUT2D eigenvalue weighted by Crippen LogP contribution is 2.35. The van der Waals surface area contributed by atoms with Crippen LogP contribution < -0.4 is 4.74 Å². The van der Waals surface area contributed by atoms with Gasteiger partial charge in [0.05, 0.1) is 6.61 Å². The first-order chi connectivity index (χ1) is 9.24. The van der Waals surface area contributed by atoms with Gasteiger partial charge >= 0.3 is 0 Å². The van der Waals surface area contributed by atoms with Crippen LogP contribution >= 0.6 is 0 Å². The number of carbonyl (C=O) groups is 1. The molecule has 1 fully saturated rings. The molecule has 0 aromatic heterocycles. The fourth-order valence-electron chi connectivity index (χ4n) is 3.02. The van der Waals surface area contributed by atoms with E-state index >= 15 is 0 Å². The normalized spacial score (nSPS) is 23.4. The van der Waals surface area contributed by atoms with Gasteiger partial charge in [-0.05, 0) is 49.8 Å². The number of ketones is 1. The molecule has 2 nitrogen and oxygen atoms in total. The van der Waals surface area contributed by atoms with Crippen LogP contribution in [0.1, 0.15) is 57.4 Å². The van der Waals surface area contributed by atoms with Crippen molar-refractivity contribution in [3.05, 3.63) is 29.8 Å².